The molecule has 5 nitrogen and oxygen atoms in total. The second-order valence-electron chi connectivity index (χ2n) is 7.01. The van der Waals surface area contributed by atoms with E-state index in [1.54, 1.807) is 0 Å². The lowest BCUT2D eigenvalue weighted by Gasteiger charge is -2.47. The van der Waals surface area contributed by atoms with E-state index in [0.29, 0.717) is 19.0 Å². The van der Waals surface area contributed by atoms with Gasteiger partial charge in [-0.2, -0.15) is 0 Å². The van der Waals surface area contributed by atoms with E-state index in [-0.39, 0.29) is 16.4 Å². The first-order chi connectivity index (χ1) is 9.90. The van der Waals surface area contributed by atoms with Gasteiger partial charge in [-0.3, -0.25) is 15.4 Å². The summed E-state index contributed by atoms with van der Waals surface area (Å²) in [6, 6.07) is 9.04. The Morgan fingerprint density at radius 1 is 1.38 bits per heavy atom. The maximum absolute atomic E-state index is 11.2. The Morgan fingerprint density at radius 3 is 2.81 bits per heavy atom. The highest BCUT2D eigenvalue weighted by atomic mass is 16.6. The van der Waals surface area contributed by atoms with Gasteiger partial charge in [-0.1, -0.05) is 32.0 Å². The summed E-state index contributed by atoms with van der Waals surface area (Å²) in [5.41, 5.74) is 2.63. The van der Waals surface area contributed by atoms with Crippen LogP contribution in [-0.2, 0) is 6.42 Å². The van der Waals surface area contributed by atoms with Crippen LogP contribution in [0.15, 0.2) is 24.3 Å². The van der Waals surface area contributed by atoms with Crippen LogP contribution in [0.4, 0.5) is 5.69 Å². The van der Waals surface area contributed by atoms with Crippen molar-refractivity contribution in [3.8, 4) is 0 Å². The molecule has 5 heteroatoms. The normalized spacial score (nSPS) is 31.0. The number of hydrogen-bond acceptors (Lipinski definition) is 4. The SMILES string of the molecule is CC1Cc2ccccc2N1C1CC([N+](=O)[O-])NCC1(C)C. The van der Waals surface area contributed by atoms with Crippen LogP contribution < -0.4 is 10.2 Å². The zero-order chi connectivity index (χ0) is 15.2. The molecule has 0 bridgehead atoms. The molecule has 0 aliphatic carbocycles. The lowest BCUT2D eigenvalue weighted by atomic mass is 9.77. The van der Waals surface area contributed by atoms with Gasteiger partial charge in [0.15, 0.2) is 0 Å². The highest BCUT2D eigenvalue weighted by Crippen LogP contribution is 2.41. The molecule has 0 amide bonds. The number of nitrogens with zero attached hydrogens (tertiary/aromatic N) is 2. The van der Waals surface area contributed by atoms with Crippen molar-refractivity contribution in [2.75, 3.05) is 11.4 Å². The van der Waals surface area contributed by atoms with Gasteiger partial charge >= 0.3 is 0 Å². The van der Waals surface area contributed by atoms with E-state index in [1.807, 2.05) is 0 Å². The van der Waals surface area contributed by atoms with Gasteiger partial charge in [-0.05, 0) is 30.4 Å². The van der Waals surface area contributed by atoms with E-state index >= 15 is 0 Å². The largest absolute Gasteiger partial charge is 0.364 e. The van der Waals surface area contributed by atoms with E-state index in [1.165, 1.54) is 11.3 Å². The van der Waals surface area contributed by atoms with Crippen LogP contribution in [0.5, 0.6) is 0 Å². The summed E-state index contributed by atoms with van der Waals surface area (Å²) >= 11 is 0. The van der Waals surface area contributed by atoms with Gasteiger partial charge in [0.05, 0.1) is 6.42 Å². The zero-order valence-electron chi connectivity index (χ0n) is 12.9. The van der Waals surface area contributed by atoms with Gasteiger partial charge in [-0.25, -0.2) is 0 Å². The summed E-state index contributed by atoms with van der Waals surface area (Å²) in [6.07, 6.45) is 0.945. The Bertz CT molecular complexity index is 558. The smallest absolute Gasteiger partial charge is 0.268 e. The van der Waals surface area contributed by atoms with Gasteiger partial charge in [0.1, 0.15) is 0 Å². The Morgan fingerprint density at radius 2 is 2.10 bits per heavy atom. The van der Waals surface area contributed by atoms with Crippen LogP contribution in [0.25, 0.3) is 0 Å². The third kappa shape index (κ3) is 2.39. The summed E-state index contributed by atoms with van der Waals surface area (Å²) in [6.45, 7) is 7.30. The minimum atomic E-state index is -0.636. The molecule has 0 saturated carbocycles. The lowest BCUT2D eigenvalue weighted by Crippen LogP contribution is -2.61. The van der Waals surface area contributed by atoms with Gasteiger partial charge in [0.25, 0.3) is 6.17 Å². The first-order valence-corrected chi connectivity index (χ1v) is 7.63. The summed E-state index contributed by atoms with van der Waals surface area (Å²) in [7, 11) is 0. The molecule has 1 N–H and O–H groups in total. The van der Waals surface area contributed by atoms with Crippen LogP contribution in [0.1, 0.15) is 32.8 Å². The first kappa shape index (κ1) is 14.3. The molecule has 1 aromatic carbocycles. The van der Waals surface area contributed by atoms with Crippen LogP contribution in [0, 0.1) is 15.5 Å². The quantitative estimate of drug-likeness (QED) is 0.671. The van der Waals surface area contributed by atoms with Crippen molar-refractivity contribution >= 4 is 5.69 Å². The number of para-hydroxylation sites is 1. The maximum atomic E-state index is 11.2. The Balaban J connectivity index is 1.95. The predicted octanol–water partition coefficient (Wildman–Crippen LogP) is 2.43. The number of hydrogen-bond donors (Lipinski definition) is 1. The summed E-state index contributed by atoms with van der Waals surface area (Å²) in [5.74, 6) is 0. The number of nitrogens with one attached hydrogen (secondary N) is 1. The average Bonchev–Trinajstić information content (AvgIpc) is 2.74. The molecular formula is C16H23N3O2. The third-order valence-corrected chi connectivity index (χ3v) is 4.99. The molecule has 21 heavy (non-hydrogen) atoms. The Hall–Kier alpha value is -1.62. The molecule has 1 saturated heterocycles. The highest BCUT2D eigenvalue weighted by Gasteiger charge is 2.46. The zero-order valence-corrected chi connectivity index (χ0v) is 12.9. The van der Waals surface area contributed by atoms with Gasteiger partial charge in [-0.15, -0.1) is 0 Å². The highest BCUT2D eigenvalue weighted by molar-refractivity contribution is 5.60. The number of benzene rings is 1. The fourth-order valence-electron chi connectivity index (χ4n) is 3.83. The summed E-state index contributed by atoms with van der Waals surface area (Å²) in [5, 5.41) is 14.3. The molecule has 3 rings (SSSR count). The van der Waals surface area contributed by atoms with E-state index in [9.17, 15) is 10.1 Å². The van der Waals surface area contributed by atoms with Crippen LogP contribution in [0.3, 0.4) is 0 Å². The lowest BCUT2D eigenvalue weighted by molar-refractivity contribution is -0.534. The molecule has 1 aromatic rings. The molecular weight excluding hydrogens is 266 g/mol. The second kappa shape index (κ2) is 4.98. The molecule has 2 aliphatic rings. The van der Waals surface area contributed by atoms with Crippen molar-refractivity contribution in [1.29, 1.82) is 0 Å². The van der Waals surface area contributed by atoms with E-state index in [0.717, 1.165) is 6.42 Å². The van der Waals surface area contributed by atoms with Crippen molar-refractivity contribution in [2.45, 2.75) is 51.9 Å². The Labute approximate surface area is 125 Å². The third-order valence-electron chi connectivity index (χ3n) is 4.99. The van der Waals surface area contributed by atoms with E-state index in [2.05, 4.69) is 55.3 Å². The van der Waals surface area contributed by atoms with Crippen molar-refractivity contribution in [1.82, 2.24) is 5.32 Å². The minimum absolute atomic E-state index is 0.0121. The van der Waals surface area contributed by atoms with Crippen molar-refractivity contribution < 1.29 is 4.92 Å². The first-order valence-electron chi connectivity index (χ1n) is 7.63. The fourth-order valence-corrected chi connectivity index (χ4v) is 3.83. The summed E-state index contributed by atoms with van der Waals surface area (Å²) in [4.78, 5) is 13.4. The van der Waals surface area contributed by atoms with Crippen LogP contribution in [0.2, 0.25) is 0 Å². The van der Waals surface area contributed by atoms with Crippen LogP contribution in [-0.4, -0.2) is 29.7 Å². The molecule has 0 spiro atoms. The van der Waals surface area contributed by atoms with Crippen molar-refractivity contribution in [2.24, 2.45) is 5.41 Å². The number of rotatable bonds is 2. The molecule has 2 heterocycles. The number of fused-ring (bicyclic) bond motifs is 1. The maximum Gasteiger partial charge on any atom is 0.268 e. The van der Waals surface area contributed by atoms with Crippen molar-refractivity contribution in [3.63, 3.8) is 0 Å². The molecule has 1 fully saturated rings. The standard InChI is InChI=1S/C16H23N3O2/c1-11-8-12-6-4-5-7-13(12)18(11)14-9-15(19(20)21)17-10-16(14,2)3/h4-7,11,14-15,17H,8-10H2,1-3H3. The monoisotopic (exact) mass is 289 g/mol. The minimum Gasteiger partial charge on any atom is -0.364 e. The van der Waals surface area contributed by atoms with E-state index in [4.69, 9.17) is 0 Å². The molecule has 0 aromatic heterocycles. The van der Waals surface area contributed by atoms with Gasteiger partial charge in [0, 0.05) is 29.2 Å². The molecule has 114 valence electrons. The molecule has 3 atom stereocenters. The number of nitro groups is 1. The number of piperidine rings is 1. The molecule has 3 unspecified atom stereocenters. The van der Waals surface area contributed by atoms with Crippen molar-refractivity contribution in [3.05, 3.63) is 39.9 Å². The summed E-state index contributed by atoms with van der Waals surface area (Å²) < 4.78 is 0. The number of anilines is 1. The molecule has 0 radical (unpaired) electrons. The second-order valence-corrected chi connectivity index (χ2v) is 7.01. The van der Waals surface area contributed by atoms with E-state index < -0.39 is 6.17 Å². The molecule has 2 aliphatic heterocycles. The predicted molar refractivity (Wildman–Crippen MR) is 83.1 cm³/mol. The van der Waals surface area contributed by atoms with Gasteiger partial charge < -0.3 is 4.90 Å². The average molecular weight is 289 g/mol. The topological polar surface area (TPSA) is 58.4 Å². The fraction of sp³-hybridized carbons (Fsp3) is 0.625. The van der Waals surface area contributed by atoms with Gasteiger partial charge in [0.2, 0.25) is 0 Å². The Kier molecular flexibility index (Phi) is 3.40. The van der Waals surface area contributed by atoms with Crippen LogP contribution >= 0.6 is 0 Å².